The van der Waals surface area contributed by atoms with Gasteiger partial charge in [-0.05, 0) is 0 Å². The van der Waals surface area contributed by atoms with Crippen molar-refractivity contribution in [2.75, 3.05) is 0 Å². The Balaban J connectivity index is 0. The molecule has 0 radical (unpaired) electrons. The van der Waals surface area contributed by atoms with Crippen LogP contribution in [-0.2, 0) is 14.1 Å². The van der Waals surface area contributed by atoms with Crippen molar-refractivity contribution in [2.45, 2.75) is 12.5 Å². The highest BCUT2D eigenvalue weighted by molar-refractivity contribution is 6.22. The van der Waals surface area contributed by atoms with E-state index in [0.29, 0.717) is 0 Å². The highest BCUT2D eigenvalue weighted by Gasteiger charge is 2.16. The minimum Gasteiger partial charge on any atom is -0.511 e. The van der Waals surface area contributed by atoms with E-state index in [2.05, 4.69) is 0 Å². The van der Waals surface area contributed by atoms with Gasteiger partial charge in [-0.1, -0.05) is 0 Å². The first-order chi connectivity index (χ1) is 5.77. The van der Waals surface area contributed by atoms with Gasteiger partial charge < -0.3 is 24.9 Å². The summed E-state index contributed by atoms with van der Waals surface area (Å²) in [4.78, 5) is 33.7. The third-order valence-electron chi connectivity index (χ3n) is 0.653. The molecule has 5 N–H and O–H groups in total. The Morgan fingerprint density at radius 1 is 1.23 bits per heavy atom. The van der Waals surface area contributed by atoms with Crippen LogP contribution in [0.3, 0.4) is 0 Å². The van der Waals surface area contributed by atoms with Crippen molar-refractivity contribution in [1.82, 2.24) is 0 Å². The number of aliphatic hydroxyl groups is 1. The summed E-state index contributed by atoms with van der Waals surface area (Å²) in [5.41, 5.74) is 0. The van der Waals surface area contributed by atoms with Crippen LogP contribution in [0.4, 0.5) is 0 Å². The second-order valence-electron chi connectivity index (χ2n) is 1.73. The van der Waals surface area contributed by atoms with Crippen LogP contribution in [0.2, 0.25) is 0 Å². The molecule has 9 heteroatoms. The van der Waals surface area contributed by atoms with Crippen molar-refractivity contribution in [3.05, 3.63) is 0 Å². The van der Waals surface area contributed by atoms with Crippen molar-refractivity contribution in [1.29, 1.82) is 0 Å². The summed E-state index contributed by atoms with van der Waals surface area (Å²) in [5.74, 6) is -2.85. The Morgan fingerprint density at radius 3 is 1.62 bits per heavy atom. The van der Waals surface area contributed by atoms with Crippen LogP contribution >= 0.6 is 0 Å². The number of carboxylic acid groups (broad SMARTS) is 2. The first kappa shape index (κ1) is 14.1. The van der Waals surface area contributed by atoms with Crippen molar-refractivity contribution in [3.8, 4) is 0 Å². The zero-order valence-corrected chi connectivity index (χ0v) is 7.25. The molecule has 0 amide bonds. The smallest absolute Gasteiger partial charge is 0.511 e. The molecule has 0 heterocycles. The maximum atomic E-state index is 9.72. The molecule has 0 aromatic rings. The van der Waals surface area contributed by atoms with E-state index in [4.69, 9.17) is 29.4 Å². The maximum absolute atomic E-state index is 9.72. The Morgan fingerprint density at radius 2 is 1.54 bits per heavy atom. The first-order valence-electron chi connectivity index (χ1n) is 2.82. The molecule has 13 heavy (non-hydrogen) atoms. The van der Waals surface area contributed by atoms with Crippen LogP contribution in [0, 0.1) is 0 Å². The number of carboxylic acids is 2. The van der Waals surface area contributed by atoms with Crippen molar-refractivity contribution in [2.24, 2.45) is 0 Å². The highest BCUT2D eigenvalue weighted by Crippen LogP contribution is 1.89. The SMILES string of the molecule is O=C(O)CC(O)C(=O)O.O=[Si](O)O. The monoisotopic (exact) mass is 212 g/mol. The van der Waals surface area contributed by atoms with Gasteiger partial charge in [0.2, 0.25) is 0 Å². The topological polar surface area (TPSA) is 152 Å². The van der Waals surface area contributed by atoms with Crippen molar-refractivity contribution >= 4 is 21.1 Å². The van der Waals surface area contributed by atoms with Gasteiger partial charge in [-0.2, -0.15) is 0 Å². The normalized spacial score (nSPS) is 10.5. The van der Waals surface area contributed by atoms with Crippen LogP contribution in [0.1, 0.15) is 6.42 Å². The molecule has 0 fully saturated rings. The minimum atomic E-state index is -3.13. The van der Waals surface area contributed by atoms with Crippen LogP contribution in [-0.4, -0.2) is 52.1 Å². The fourth-order valence-electron chi connectivity index (χ4n) is 0.253. The van der Waals surface area contributed by atoms with E-state index in [-0.39, 0.29) is 0 Å². The average Bonchev–Trinajstić information content (AvgIpc) is 1.83. The van der Waals surface area contributed by atoms with Gasteiger partial charge in [0.15, 0.2) is 6.10 Å². The maximum Gasteiger partial charge on any atom is 0.761 e. The van der Waals surface area contributed by atoms with Gasteiger partial charge >= 0.3 is 21.1 Å². The van der Waals surface area contributed by atoms with E-state index >= 15 is 0 Å². The standard InChI is InChI=1S/C4H6O5.H2O3Si/c5-2(4(8)9)1-3(6)7;1-4(2)3/h2,5H,1H2,(H,6,7)(H,8,9);1-2H. The molecule has 0 saturated carbocycles. The molecule has 1 unspecified atom stereocenters. The van der Waals surface area contributed by atoms with Gasteiger partial charge in [-0.3, -0.25) is 9.26 Å². The summed E-state index contributed by atoms with van der Waals surface area (Å²) in [6.07, 6.45) is -2.54. The molecule has 8 nitrogen and oxygen atoms in total. The predicted molar refractivity (Wildman–Crippen MR) is 36.8 cm³/mol. The number of rotatable bonds is 3. The van der Waals surface area contributed by atoms with Crippen molar-refractivity contribution < 1.29 is 39.0 Å². The molecule has 0 aliphatic rings. The molecule has 1 atom stereocenters. The molecule has 76 valence electrons. The van der Waals surface area contributed by atoms with E-state index in [1.165, 1.54) is 0 Å². The molecule has 0 aromatic carbocycles. The minimum absolute atomic E-state index is 0.755. The largest absolute Gasteiger partial charge is 0.761 e. The molecule has 0 aliphatic carbocycles. The Kier molecular flexibility index (Phi) is 7.77. The molecule has 0 rings (SSSR count). The fraction of sp³-hybridized carbons (Fsp3) is 0.500. The lowest BCUT2D eigenvalue weighted by atomic mass is 10.3. The number of hydrogen-bond acceptors (Lipinski definition) is 4. The van der Waals surface area contributed by atoms with E-state index in [9.17, 15) is 9.59 Å². The average molecular weight is 212 g/mol. The molecular weight excluding hydrogens is 204 g/mol. The molecule has 0 bridgehead atoms. The summed E-state index contributed by atoms with van der Waals surface area (Å²) in [6, 6.07) is 0. The van der Waals surface area contributed by atoms with E-state index in [1.807, 2.05) is 0 Å². The Hall–Kier alpha value is -1.48. The second kappa shape index (κ2) is 7.18. The predicted octanol–water partition coefficient (Wildman–Crippen LogP) is -2.71. The molecule has 0 aliphatic heterocycles. The van der Waals surface area contributed by atoms with Gasteiger partial charge in [0.05, 0.1) is 6.42 Å². The van der Waals surface area contributed by atoms with E-state index < -0.39 is 33.6 Å². The summed E-state index contributed by atoms with van der Waals surface area (Å²) in [6.45, 7) is 0. The van der Waals surface area contributed by atoms with E-state index in [1.54, 1.807) is 0 Å². The van der Waals surface area contributed by atoms with Crippen LogP contribution in [0.25, 0.3) is 0 Å². The zero-order valence-electron chi connectivity index (χ0n) is 6.25. The molecule has 0 saturated heterocycles. The van der Waals surface area contributed by atoms with Gasteiger partial charge in [0.25, 0.3) is 0 Å². The number of hydrogen-bond donors (Lipinski definition) is 5. The molecular formula is C4H8O8Si. The van der Waals surface area contributed by atoms with Crippen LogP contribution in [0.5, 0.6) is 0 Å². The third kappa shape index (κ3) is 18.0. The Labute approximate surface area is 73.6 Å². The summed E-state index contributed by atoms with van der Waals surface area (Å²) in [5, 5.41) is 24.1. The van der Waals surface area contributed by atoms with Crippen LogP contribution in [0.15, 0.2) is 0 Å². The zero-order chi connectivity index (χ0) is 11.0. The number of aliphatic hydroxyl groups excluding tert-OH is 1. The van der Waals surface area contributed by atoms with Gasteiger partial charge in [0.1, 0.15) is 0 Å². The molecule has 0 aromatic heterocycles. The van der Waals surface area contributed by atoms with Gasteiger partial charge in [0, 0.05) is 0 Å². The van der Waals surface area contributed by atoms with Crippen molar-refractivity contribution in [3.63, 3.8) is 0 Å². The van der Waals surface area contributed by atoms with Crippen LogP contribution < -0.4 is 0 Å². The Bertz CT molecular complexity index is 196. The highest BCUT2D eigenvalue weighted by atomic mass is 28.3. The van der Waals surface area contributed by atoms with E-state index in [0.717, 1.165) is 0 Å². The summed E-state index contributed by atoms with van der Waals surface area (Å²) in [7, 11) is -3.13. The lowest BCUT2D eigenvalue weighted by molar-refractivity contribution is -0.152. The first-order valence-corrected chi connectivity index (χ1v) is 4.12. The number of carbonyl (C=O) groups is 2. The van der Waals surface area contributed by atoms with Gasteiger partial charge in [-0.15, -0.1) is 0 Å². The third-order valence-corrected chi connectivity index (χ3v) is 0.653. The quantitative estimate of drug-likeness (QED) is 0.316. The number of aliphatic carboxylic acids is 2. The lowest BCUT2D eigenvalue weighted by Crippen LogP contribution is -2.22. The summed E-state index contributed by atoms with van der Waals surface area (Å²) < 4.78 is 8.74. The second-order valence-corrected chi connectivity index (χ2v) is 2.30. The van der Waals surface area contributed by atoms with Gasteiger partial charge in [-0.25, -0.2) is 4.79 Å². The molecule has 0 spiro atoms. The summed E-state index contributed by atoms with van der Waals surface area (Å²) >= 11 is 0. The lowest BCUT2D eigenvalue weighted by Gasteiger charge is -1.97. The fourth-order valence-corrected chi connectivity index (χ4v) is 0.253.